The number of benzene rings is 1. The number of aromatic nitrogens is 3. The van der Waals surface area contributed by atoms with Crippen molar-refractivity contribution in [2.75, 3.05) is 7.05 Å². The first-order chi connectivity index (χ1) is 11.7. The maximum atomic E-state index is 10.6. The third-order valence-corrected chi connectivity index (χ3v) is 4.51. The third-order valence-electron chi connectivity index (χ3n) is 4.51. The Morgan fingerprint density at radius 2 is 2.12 bits per heavy atom. The highest BCUT2D eigenvalue weighted by atomic mass is 16.5. The van der Waals surface area contributed by atoms with Crippen LogP contribution in [0.3, 0.4) is 0 Å². The van der Waals surface area contributed by atoms with E-state index in [9.17, 15) is 5.11 Å². The first kappa shape index (κ1) is 15.0. The van der Waals surface area contributed by atoms with Gasteiger partial charge >= 0.3 is 0 Å². The SMILES string of the molecule is CN(Cc1nc(-c2cccnc2)no1)C1Cc2ccccc2C1O. The van der Waals surface area contributed by atoms with Crippen molar-refractivity contribution >= 4 is 0 Å². The smallest absolute Gasteiger partial charge is 0.241 e. The summed E-state index contributed by atoms with van der Waals surface area (Å²) in [4.78, 5) is 10.5. The van der Waals surface area contributed by atoms with Crippen LogP contribution in [0.1, 0.15) is 23.1 Å². The summed E-state index contributed by atoms with van der Waals surface area (Å²) in [5, 5.41) is 14.6. The zero-order valence-corrected chi connectivity index (χ0v) is 13.3. The molecule has 2 atom stereocenters. The zero-order chi connectivity index (χ0) is 16.5. The average molecular weight is 322 g/mol. The van der Waals surface area contributed by atoms with Crippen molar-refractivity contribution in [3.8, 4) is 11.4 Å². The van der Waals surface area contributed by atoms with Crippen LogP contribution in [0.25, 0.3) is 11.4 Å². The molecule has 24 heavy (non-hydrogen) atoms. The molecule has 1 N–H and O–H groups in total. The summed E-state index contributed by atoms with van der Waals surface area (Å²) in [6, 6.07) is 11.8. The topological polar surface area (TPSA) is 75.3 Å². The van der Waals surface area contributed by atoms with Gasteiger partial charge in [0, 0.05) is 24.0 Å². The molecule has 2 unspecified atom stereocenters. The maximum Gasteiger partial charge on any atom is 0.241 e. The minimum absolute atomic E-state index is 0.0103. The number of rotatable bonds is 4. The third kappa shape index (κ3) is 2.70. The molecule has 0 bridgehead atoms. The Morgan fingerprint density at radius 3 is 2.92 bits per heavy atom. The molecular weight excluding hydrogens is 304 g/mol. The Kier molecular flexibility index (Phi) is 3.84. The van der Waals surface area contributed by atoms with Gasteiger partial charge in [-0.15, -0.1) is 0 Å². The molecule has 6 heteroatoms. The lowest BCUT2D eigenvalue weighted by Crippen LogP contribution is -2.34. The molecule has 0 spiro atoms. The average Bonchev–Trinajstić information content (AvgIpc) is 3.21. The molecule has 4 rings (SSSR count). The normalized spacial score (nSPS) is 19.6. The van der Waals surface area contributed by atoms with E-state index in [0.29, 0.717) is 18.3 Å². The van der Waals surface area contributed by atoms with E-state index in [4.69, 9.17) is 4.52 Å². The zero-order valence-electron chi connectivity index (χ0n) is 13.3. The number of aliphatic hydroxyl groups is 1. The summed E-state index contributed by atoms with van der Waals surface area (Å²) in [5.74, 6) is 1.06. The van der Waals surface area contributed by atoms with E-state index < -0.39 is 6.10 Å². The van der Waals surface area contributed by atoms with Crippen LogP contribution in [-0.2, 0) is 13.0 Å². The van der Waals surface area contributed by atoms with Crippen molar-refractivity contribution in [2.24, 2.45) is 0 Å². The Hall–Kier alpha value is -2.57. The van der Waals surface area contributed by atoms with Crippen LogP contribution in [-0.4, -0.2) is 38.2 Å². The number of likely N-dealkylation sites (N-methyl/N-ethyl adjacent to an activating group) is 1. The van der Waals surface area contributed by atoms with E-state index >= 15 is 0 Å². The number of hydrogen-bond acceptors (Lipinski definition) is 6. The fraction of sp³-hybridized carbons (Fsp3) is 0.278. The second kappa shape index (κ2) is 6.14. The summed E-state index contributed by atoms with van der Waals surface area (Å²) in [7, 11) is 1.97. The van der Waals surface area contributed by atoms with Gasteiger partial charge in [0.2, 0.25) is 11.7 Å². The minimum Gasteiger partial charge on any atom is -0.387 e. The summed E-state index contributed by atoms with van der Waals surface area (Å²) >= 11 is 0. The highest BCUT2D eigenvalue weighted by Crippen LogP contribution is 2.34. The molecule has 0 amide bonds. The Balaban J connectivity index is 1.48. The molecule has 0 saturated carbocycles. The van der Waals surface area contributed by atoms with Crippen molar-refractivity contribution in [1.82, 2.24) is 20.0 Å². The van der Waals surface area contributed by atoms with Crippen LogP contribution in [0, 0.1) is 0 Å². The van der Waals surface area contributed by atoms with Crippen LogP contribution in [0.15, 0.2) is 53.3 Å². The maximum absolute atomic E-state index is 10.6. The van der Waals surface area contributed by atoms with Crippen LogP contribution in [0.2, 0.25) is 0 Å². The van der Waals surface area contributed by atoms with Crippen molar-refractivity contribution in [3.05, 3.63) is 65.8 Å². The molecule has 6 nitrogen and oxygen atoms in total. The molecule has 2 heterocycles. The van der Waals surface area contributed by atoms with Crippen LogP contribution in [0.5, 0.6) is 0 Å². The molecule has 0 saturated heterocycles. The number of fused-ring (bicyclic) bond motifs is 1. The van der Waals surface area contributed by atoms with E-state index in [0.717, 1.165) is 17.5 Å². The van der Waals surface area contributed by atoms with E-state index in [1.54, 1.807) is 12.4 Å². The molecule has 1 aliphatic carbocycles. The van der Waals surface area contributed by atoms with E-state index in [-0.39, 0.29) is 6.04 Å². The van der Waals surface area contributed by atoms with E-state index in [2.05, 4.69) is 26.1 Å². The molecular formula is C18H18N4O2. The highest BCUT2D eigenvalue weighted by Gasteiger charge is 2.33. The fourth-order valence-corrected chi connectivity index (χ4v) is 3.21. The van der Waals surface area contributed by atoms with Crippen LogP contribution >= 0.6 is 0 Å². The summed E-state index contributed by atoms with van der Waals surface area (Å²) < 4.78 is 5.35. The molecule has 0 fully saturated rings. The van der Waals surface area contributed by atoms with E-state index in [1.165, 1.54) is 5.56 Å². The number of hydrogen-bond donors (Lipinski definition) is 1. The number of pyridine rings is 1. The van der Waals surface area contributed by atoms with Gasteiger partial charge in [-0.3, -0.25) is 9.88 Å². The van der Waals surface area contributed by atoms with Gasteiger partial charge in [0.05, 0.1) is 12.6 Å². The molecule has 0 aliphatic heterocycles. The predicted octanol–water partition coefficient (Wildman–Crippen LogP) is 2.22. The van der Waals surface area contributed by atoms with Gasteiger partial charge in [0.15, 0.2) is 0 Å². The van der Waals surface area contributed by atoms with Gasteiger partial charge in [-0.1, -0.05) is 29.4 Å². The van der Waals surface area contributed by atoms with Crippen LogP contribution < -0.4 is 0 Å². The number of aliphatic hydroxyl groups excluding tert-OH is 1. The summed E-state index contributed by atoms with van der Waals surface area (Å²) in [6.07, 6.45) is 3.73. The van der Waals surface area contributed by atoms with Gasteiger partial charge in [-0.05, 0) is 36.7 Å². The largest absolute Gasteiger partial charge is 0.387 e. The predicted molar refractivity (Wildman–Crippen MR) is 87.9 cm³/mol. The van der Waals surface area contributed by atoms with Gasteiger partial charge in [-0.25, -0.2) is 0 Å². The lowest BCUT2D eigenvalue weighted by atomic mass is 10.1. The summed E-state index contributed by atoms with van der Waals surface area (Å²) in [6.45, 7) is 0.489. The fourth-order valence-electron chi connectivity index (χ4n) is 3.21. The number of nitrogens with zero attached hydrogens (tertiary/aromatic N) is 4. The van der Waals surface area contributed by atoms with Gasteiger partial charge in [-0.2, -0.15) is 4.98 Å². The second-order valence-corrected chi connectivity index (χ2v) is 6.08. The standard InChI is InChI=1S/C18H18N4O2/c1-22(15-9-12-5-2-3-7-14(12)17(15)23)11-16-20-18(21-24-16)13-6-4-8-19-10-13/h2-8,10,15,17,23H,9,11H2,1H3. The van der Waals surface area contributed by atoms with Crippen molar-refractivity contribution < 1.29 is 9.63 Å². The Bertz CT molecular complexity index is 834. The van der Waals surface area contributed by atoms with E-state index in [1.807, 2.05) is 37.4 Å². The quantitative estimate of drug-likeness (QED) is 0.794. The molecule has 3 aromatic rings. The molecule has 122 valence electrons. The molecule has 0 radical (unpaired) electrons. The minimum atomic E-state index is -0.494. The van der Waals surface area contributed by atoms with Gasteiger partial charge < -0.3 is 9.63 Å². The highest BCUT2D eigenvalue weighted by molar-refractivity contribution is 5.51. The van der Waals surface area contributed by atoms with Crippen molar-refractivity contribution in [3.63, 3.8) is 0 Å². The first-order valence-corrected chi connectivity index (χ1v) is 7.91. The van der Waals surface area contributed by atoms with Crippen molar-refractivity contribution in [2.45, 2.75) is 25.1 Å². The lowest BCUT2D eigenvalue weighted by molar-refractivity contribution is 0.0664. The Labute approximate surface area is 139 Å². The second-order valence-electron chi connectivity index (χ2n) is 6.08. The Morgan fingerprint density at radius 1 is 1.25 bits per heavy atom. The van der Waals surface area contributed by atoms with Crippen molar-refractivity contribution in [1.29, 1.82) is 0 Å². The molecule has 2 aromatic heterocycles. The molecule has 1 aliphatic rings. The monoisotopic (exact) mass is 322 g/mol. The van der Waals surface area contributed by atoms with Gasteiger partial charge in [0.1, 0.15) is 0 Å². The van der Waals surface area contributed by atoms with Crippen LogP contribution in [0.4, 0.5) is 0 Å². The van der Waals surface area contributed by atoms with Gasteiger partial charge in [0.25, 0.3) is 0 Å². The lowest BCUT2D eigenvalue weighted by Gasteiger charge is -2.25. The molecule has 1 aromatic carbocycles. The summed E-state index contributed by atoms with van der Waals surface area (Å²) in [5.41, 5.74) is 3.03. The first-order valence-electron chi connectivity index (χ1n) is 7.91.